The number of fused-ring (bicyclic) bond motifs is 1. The van der Waals surface area contributed by atoms with Crippen LogP contribution in [0.15, 0.2) is 42.7 Å². The lowest BCUT2D eigenvalue weighted by Crippen LogP contribution is -2.30. The number of aromatic nitrogens is 4. The van der Waals surface area contributed by atoms with Crippen molar-refractivity contribution in [1.82, 2.24) is 24.5 Å². The standard InChI is InChI=1S/C28H28F3N7O3/c1-15-21(5-4-9-33-15)35-27(40)24-25(32)36-38-10-8-22(34-26(24)38)18-11-19(13-37(3)16(2)17-6-7-17)20(14-39)23(12-18)41-28(29,30)31/h4-5,8-12,14,16-17H,6-7,13H2,1-3H3,(H2,32,36)(H,35,40). The van der Waals surface area contributed by atoms with E-state index >= 15 is 0 Å². The van der Waals surface area contributed by atoms with Crippen LogP contribution in [-0.2, 0) is 6.54 Å². The van der Waals surface area contributed by atoms with Crippen molar-refractivity contribution in [2.75, 3.05) is 18.1 Å². The average Bonchev–Trinajstić information content (AvgIpc) is 3.70. The number of anilines is 2. The number of carbonyl (C=O) groups is 2. The minimum Gasteiger partial charge on any atom is -0.405 e. The van der Waals surface area contributed by atoms with Crippen molar-refractivity contribution in [3.8, 4) is 17.0 Å². The van der Waals surface area contributed by atoms with Gasteiger partial charge in [-0.3, -0.25) is 19.5 Å². The number of rotatable bonds is 9. The number of benzene rings is 1. The van der Waals surface area contributed by atoms with Crippen molar-refractivity contribution in [1.29, 1.82) is 0 Å². The summed E-state index contributed by atoms with van der Waals surface area (Å²) < 4.78 is 45.6. The molecule has 0 aliphatic heterocycles. The van der Waals surface area contributed by atoms with E-state index in [0.717, 1.165) is 18.9 Å². The van der Waals surface area contributed by atoms with Crippen molar-refractivity contribution in [3.63, 3.8) is 0 Å². The van der Waals surface area contributed by atoms with Crippen LogP contribution in [0.4, 0.5) is 24.7 Å². The van der Waals surface area contributed by atoms with Gasteiger partial charge in [-0.2, -0.15) is 0 Å². The molecule has 13 heteroatoms. The summed E-state index contributed by atoms with van der Waals surface area (Å²) >= 11 is 0. The van der Waals surface area contributed by atoms with E-state index in [2.05, 4.69) is 25.1 Å². The molecule has 1 atom stereocenters. The van der Waals surface area contributed by atoms with Gasteiger partial charge in [0.25, 0.3) is 5.91 Å². The molecule has 3 heterocycles. The highest BCUT2D eigenvalue weighted by atomic mass is 19.4. The summed E-state index contributed by atoms with van der Waals surface area (Å²) in [5.74, 6) is -0.785. The Morgan fingerprint density at radius 3 is 2.73 bits per heavy atom. The number of pyridine rings is 1. The zero-order valence-electron chi connectivity index (χ0n) is 22.6. The topological polar surface area (TPSA) is 128 Å². The molecule has 1 saturated carbocycles. The number of halogens is 3. The van der Waals surface area contributed by atoms with Crippen molar-refractivity contribution in [2.45, 2.75) is 45.6 Å². The van der Waals surface area contributed by atoms with Crippen LogP contribution in [0, 0.1) is 12.8 Å². The highest BCUT2D eigenvalue weighted by Gasteiger charge is 2.34. The third-order valence-electron chi connectivity index (χ3n) is 7.28. The van der Waals surface area contributed by atoms with Crippen LogP contribution < -0.4 is 15.8 Å². The van der Waals surface area contributed by atoms with Crippen LogP contribution in [0.5, 0.6) is 5.75 Å². The van der Waals surface area contributed by atoms with Crippen LogP contribution in [0.2, 0.25) is 0 Å². The number of nitrogens with two attached hydrogens (primary N) is 1. The van der Waals surface area contributed by atoms with Gasteiger partial charge in [0.15, 0.2) is 17.8 Å². The van der Waals surface area contributed by atoms with Gasteiger partial charge in [-0.15, -0.1) is 18.3 Å². The summed E-state index contributed by atoms with van der Waals surface area (Å²) in [5, 5.41) is 6.90. The number of nitrogen functional groups attached to an aromatic ring is 1. The molecule has 3 aromatic heterocycles. The number of aryl methyl sites for hydroxylation is 1. The minimum absolute atomic E-state index is 0.00963. The largest absolute Gasteiger partial charge is 0.573 e. The van der Waals surface area contributed by atoms with E-state index in [-0.39, 0.29) is 46.4 Å². The number of nitrogens with zero attached hydrogens (tertiary/aromatic N) is 5. The van der Waals surface area contributed by atoms with Gasteiger partial charge in [0.05, 0.1) is 22.6 Å². The Bertz CT molecular complexity index is 1630. The first kappa shape index (κ1) is 28.0. The second-order valence-electron chi connectivity index (χ2n) is 10.1. The molecular formula is C28H28F3N7O3. The molecule has 5 rings (SSSR count). The molecule has 1 fully saturated rings. The second-order valence-corrected chi connectivity index (χ2v) is 10.1. The zero-order chi connectivity index (χ0) is 29.5. The number of carbonyl (C=O) groups excluding carboxylic acids is 2. The van der Waals surface area contributed by atoms with Gasteiger partial charge in [-0.25, -0.2) is 9.50 Å². The molecule has 1 amide bonds. The minimum atomic E-state index is -5.02. The fourth-order valence-electron chi connectivity index (χ4n) is 4.78. The van der Waals surface area contributed by atoms with E-state index in [1.165, 1.54) is 16.8 Å². The van der Waals surface area contributed by atoms with Gasteiger partial charge in [0.2, 0.25) is 0 Å². The van der Waals surface area contributed by atoms with Crippen LogP contribution in [0.25, 0.3) is 16.9 Å². The molecule has 41 heavy (non-hydrogen) atoms. The van der Waals surface area contributed by atoms with E-state index in [4.69, 9.17) is 5.73 Å². The lowest BCUT2D eigenvalue weighted by Gasteiger charge is -2.26. The Labute approximate surface area is 233 Å². The summed E-state index contributed by atoms with van der Waals surface area (Å²) in [6.45, 7) is 4.00. The van der Waals surface area contributed by atoms with Crippen molar-refractivity contribution in [3.05, 3.63) is 65.1 Å². The molecule has 1 unspecified atom stereocenters. The molecule has 214 valence electrons. The number of aldehydes is 1. The number of hydrogen-bond acceptors (Lipinski definition) is 8. The maximum atomic E-state index is 13.3. The average molecular weight is 568 g/mol. The van der Waals surface area contributed by atoms with Gasteiger partial charge < -0.3 is 15.8 Å². The van der Waals surface area contributed by atoms with E-state index in [0.29, 0.717) is 29.1 Å². The van der Waals surface area contributed by atoms with Crippen molar-refractivity contribution in [2.24, 2.45) is 5.92 Å². The van der Waals surface area contributed by atoms with E-state index in [1.807, 2.05) is 18.9 Å². The van der Waals surface area contributed by atoms with Gasteiger partial charge >= 0.3 is 6.36 Å². The molecule has 4 aromatic rings. The lowest BCUT2D eigenvalue weighted by molar-refractivity contribution is -0.274. The van der Waals surface area contributed by atoms with E-state index < -0.39 is 18.0 Å². The molecule has 1 aromatic carbocycles. The highest BCUT2D eigenvalue weighted by molar-refractivity contribution is 6.11. The summed E-state index contributed by atoms with van der Waals surface area (Å²) in [6.07, 6.45) is 0.611. The molecule has 1 aliphatic carbocycles. The Morgan fingerprint density at radius 2 is 2.07 bits per heavy atom. The van der Waals surface area contributed by atoms with Crippen LogP contribution in [-0.4, -0.2) is 56.1 Å². The van der Waals surface area contributed by atoms with Crippen LogP contribution >= 0.6 is 0 Å². The first-order valence-corrected chi connectivity index (χ1v) is 12.9. The molecule has 1 aliphatic rings. The summed E-state index contributed by atoms with van der Waals surface area (Å²) in [4.78, 5) is 35.9. The molecule has 0 radical (unpaired) electrons. The first-order chi connectivity index (χ1) is 19.4. The molecule has 0 saturated heterocycles. The Kier molecular flexibility index (Phi) is 7.39. The number of alkyl halides is 3. The molecule has 3 N–H and O–H groups in total. The van der Waals surface area contributed by atoms with Gasteiger partial charge in [-0.1, -0.05) is 0 Å². The van der Waals surface area contributed by atoms with Crippen molar-refractivity contribution < 1.29 is 27.5 Å². The second kappa shape index (κ2) is 10.8. The Morgan fingerprint density at radius 1 is 1.32 bits per heavy atom. The fourth-order valence-corrected chi connectivity index (χ4v) is 4.78. The third kappa shape index (κ3) is 5.99. The van der Waals surface area contributed by atoms with Gasteiger partial charge in [0.1, 0.15) is 11.3 Å². The van der Waals surface area contributed by atoms with Crippen LogP contribution in [0.1, 0.15) is 51.7 Å². The molecule has 0 bridgehead atoms. The smallest absolute Gasteiger partial charge is 0.405 e. The summed E-state index contributed by atoms with van der Waals surface area (Å²) in [6, 6.07) is 7.78. The molecule has 10 nitrogen and oxygen atoms in total. The lowest BCUT2D eigenvalue weighted by atomic mass is 10.00. The predicted molar refractivity (Wildman–Crippen MR) is 145 cm³/mol. The van der Waals surface area contributed by atoms with Crippen LogP contribution in [0.3, 0.4) is 0 Å². The van der Waals surface area contributed by atoms with E-state index in [1.54, 1.807) is 31.3 Å². The maximum Gasteiger partial charge on any atom is 0.573 e. The number of hydrogen-bond donors (Lipinski definition) is 2. The Hall–Kier alpha value is -4.52. The zero-order valence-corrected chi connectivity index (χ0v) is 22.6. The quantitative estimate of drug-likeness (QED) is 0.274. The Balaban J connectivity index is 1.58. The molecular weight excluding hydrogens is 539 g/mol. The first-order valence-electron chi connectivity index (χ1n) is 12.9. The molecule has 0 spiro atoms. The van der Waals surface area contributed by atoms with Gasteiger partial charge in [-0.05, 0) is 75.5 Å². The van der Waals surface area contributed by atoms with Gasteiger partial charge in [0, 0.05) is 30.5 Å². The monoisotopic (exact) mass is 567 g/mol. The third-order valence-corrected chi connectivity index (χ3v) is 7.28. The summed E-state index contributed by atoms with van der Waals surface area (Å²) in [7, 11) is 1.86. The fraction of sp³-hybridized carbons (Fsp3) is 0.321. The maximum absolute atomic E-state index is 13.3. The SMILES string of the molecule is Cc1ncccc1NC(=O)c1c(N)nn2ccc(-c3cc(CN(C)C(C)C4CC4)c(C=O)c(OC(F)(F)F)c3)nc12. The normalized spacial score (nSPS) is 14.3. The number of nitrogens with one attached hydrogen (secondary N) is 1. The number of ether oxygens (including phenoxy) is 1. The summed E-state index contributed by atoms with van der Waals surface area (Å²) in [5.41, 5.74) is 7.86. The van der Waals surface area contributed by atoms with E-state index in [9.17, 15) is 22.8 Å². The number of amides is 1. The van der Waals surface area contributed by atoms with Crippen molar-refractivity contribution >= 4 is 29.3 Å². The predicted octanol–water partition coefficient (Wildman–Crippen LogP) is 4.88. The highest BCUT2D eigenvalue weighted by Crippen LogP contribution is 2.37.